The Labute approximate surface area is 156 Å². The number of nitrogens with zero attached hydrogens (tertiary/aromatic N) is 1. The number of H-pyrrole nitrogens is 1. The van der Waals surface area contributed by atoms with Crippen LogP contribution in [0.25, 0.3) is 22.2 Å². The summed E-state index contributed by atoms with van der Waals surface area (Å²) in [5.41, 5.74) is 5.07. The van der Waals surface area contributed by atoms with Gasteiger partial charge in [-0.15, -0.1) is 0 Å². The van der Waals surface area contributed by atoms with Crippen LogP contribution < -0.4 is 4.74 Å². The number of rotatable bonds is 4. The fourth-order valence-electron chi connectivity index (χ4n) is 2.95. The maximum atomic E-state index is 5.96. The minimum Gasteiger partial charge on any atom is -0.497 e. The predicted molar refractivity (Wildman–Crippen MR) is 109 cm³/mol. The number of hydrogen-bond donors (Lipinski definition) is 1. The molecule has 0 spiro atoms. The first-order valence-electron chi connectivity index (χ1n) is 8.29. The molecule has 4 aromatic rings. The highest BCUT2D eigenvalue weighted by Gasteiger charge is 2.12. The molecule has 1 N–H and O–H groups in total. The van der Waals surface area contributed by atoms with Crippen LogP contribution in [-0.2, 0) is 0 Å². The van der Waals surface area contributed by atoms with Crippen molar-refractivity contribution >= 4 is 34.4 Å². The molecule has 4 rings (SSSR count). The van der Waals surface area contributed by atoms with Crippen LogP contribution in [0.15, 0.2) is 77.8 Å². The molecule has 0 saturated carbocycles. The van der Waals surface area contributed by atoms with Gasteiger partial charge in [0.15, 0.2) is 0 Å². The fraction of sp³-hybridized carbons (Fsp3) is 0.0455. The summed E-state index contributed by atoms with van der Waals surface area (Å²) >= 11 is 5.96. The molecule has 0 fully saturated rings. The van der Waals surface area contributed by atoms with Gasteiger partial charge in [0.1, 0.15) is 5.75 Å². The minimum absolute atomic E-state index is 0.700. The van der Waals surface area contributed by atoms with Gasteiger partial charge < -0.3 is 9.72 Å². The first-order chi connectivity index (χ1) is 12.7. The Balaban J connectivity index is 1.87. The van der Waals surface area contributed by atoms with Gasteiger partial charge >= 0.3 is 0 Å². The average Bonchev–Trinajstić information content (AvgIpc) is 3.06. The zero-order valence-electron chi connectivity index (χ0n) is 14.2. The molecule has 0 unspecified atom stereocenters. The molecule has 26 heavy (non-hydrogen) atoms. The molecule has 3 nitrogen and oxygen atoms in total. The Morgan fingerprint density at radius 3 is 2.46 bits per heavy atom. The van der Waals surface area contributed by atoms with E-state index in [0.29, 0.717) is 5.02 Å². The van der Waals surface area contributed by atoms with Gasteiger partial charge in [0.2, 0.25) is 0 Å². The van der Waals surface area contributed by atoms with Crippen molar-refractivity contribution in [2.24, 2.45) is 4.99 Å². The maximum absolute atomic E-state index is 5.96. The van der Waals surface area contributed by atoms with E-state index in [2.05, 4.69) is 22.1 Å². The number of ether oxygens (including phenoxy) is 1. The quantitative estimate of drug-likeness (QED) is 0.429. The summed E-state index contributed by atoms with van der Waals surface area (Å²) in [6, 6.07) is 23.7. The highest BCUT2D eigenvalue weighted by atomic mass is 35.5. The lowest BCUT2D eigenvalue weighted by Crippen LogP contribution is -1.86. The molecule has 3 aromatic carbocycles. The third-order valence-corrected chi connectivity index (χ3v) is 4.53. The van der Waals surface area contributed by atoms with E-state index < -0.39 is 0 Å². The SMILES string of the molecule is COc1ccc2[nH]c(-c3ccccc3)c(C=Nc3ccc(Cl)cc3)c2c1. The van der Waals surface area contributed by atoms with E-state index in [1.807, 2.05) is 66.9 Å². The van der Waals surface area contributed by atoms with Gasteiger partial charge in [0.05, 0.1) is 18.5 Å². The van der Waals surface area contributed by atoms with E-state index in [4.69, 9.17) is 16.3 Å². The number of methoxy groups -OCH3 is 1. The normalized spacial score (nSPS) is 11.3. The van der Waals surface area contributed by atoms with Gasteiger partial charge in [-0.3, -0.25) is 4.99 Å². The number of benzene rings is 3. The standard InChI is InChI=1S/C22H17ClN2O/c1-26-18-11-12-21-19(13-18)20(14-24-17-9-7-16(23)8-10-17)22(25-21)15-5-3-2-4-6-15/h2-14,25H,1H3. The summed E-state index contributed by atoms with van der Waals surface area (Å²) in [6.45, 7) is 0. The van der Waals surface area contributed by atoms with Crippen LogP contribution >= 0.6 is 11.6 Å². The molecule has 0 saturated heterocycles. The van der Waals surface area contributed by atoms with Gasteiger partial charge in [-0.1, -0.05) is 41.9 Å². The third kappa shape index (κ3) is 3.22. The van der Waals surface area contributed by atoms with E-state index in [1.54, 1.807) is 7.11 Å². The van der Waals surface area contributed by atoms with E-state index in [-0.39, 0.29) is 0 Å². The molecule has 0 bridgehead atoms. The van der Waals surface area contributed by atoms with Crippen LogP contribution in [0.4, 0.5) is 5.69 Å². The second-order valence-corrected chi connectivity index (χ2v) is 6.36. The smallest absolute Gasteiger partial charge is 0.119 e. The lowest BCUT2D eigenvalue weighted by Gasteiger charge is -2.02. The van der Waals surface area contributed by atoms with E-state index in [1.165, 1.54) is 0 Å². The van der Waals surface area contributed by atoms with Gasteiger partial charge in [-0.05, 0) is 48.0 Å². The first kappa shape index (κ1) is 16.4. The molecule has 4 heteroatoms. The van der Waals surface area contributed by atoms with Crippen molar-refractivity contribution in [2.45, 2.75) is 0 Å². The molecular formula is C22H17ClN2O. The second kappa shape index (κ2) is 7.06. The van der Waals surface area contributed by atoms with E-state index >= 15 is 0 Å². The fourth-order valence-corrected chi connectivity index (χ4v) is 3.08. The van der Waals surface area contributed by atoms with Gasteiger partial charge in [0.25, 0.3) is 0 Å². The average molecular weight is 361 g/mol. The molecule has 1 heterocycles. The third-order valence-electron chi connectivity index (χ3n) is 4.28. The predicted octanol–water partition coefficient (Wildman–Crippen LogP) is 6.25. The molecule has 0 amide bonds. The van der Waals surface area contributed by atoms with Gasteiger partial charge in [0, 0.05) is 27.7 Å². The van der Waals surface area contributed by atoms with Crippen molar-refractivity contribution in [2.75, 3.05) is 7.11 Å². The van der Waals surface area contributed by atoms with E-state index in [0.717, 1.165) is 39.2 Å². The van der Waals surface area contributed by atoms with Crippen LogP contribution in [0.2, 0.25) is 5.02 Å². The van der Waals surface area contributed by atoms with Crippen LogP contribution in [0, 0.1) is 0 Å². The number of aromatic amines is 1. The minimum atomic E-state index is 0.700. The molecule has 0 atom stereocenters. The largest absolute Gasteiger partial charge is 0.497 e. The first-order valence-corrected chi connectivity index (χ1v) is 8.67. The second-order valence-electron chi connectivity index (χ2n) is 5.93. The summed E-state index contributed by atoms with van der Waals surface area (Å²) in [7, 11) is 1.67. The Bertz CT molecular complexity index is 1070. The van der Waals surface area contributed by atoms with Gasteiger partial charge in [-0.25, -0.2) is 0 Å². The molecule has 0 aliphatic rings. The van der Waals surface area contributed by atoms with Crippen molar-refractivity contribution in [1.29, 1.82) is 0 Å². The summed E-state index contributed by atoms with van der Waals surface area (Å²) < 4.78 is 5.40. The lowest BCUT2D eigenvalue weighted by atomic mass is 10.1. The van der Waals surface area contributed by atoms with Crippen molar-refractivity contribution in [1.82, 2.24) is 4.98 Å². The van der Waals surface area contributed by atoms with Crippen LogP contribution in [0.5, 0.6) is 5.75 Å². The van der Waals surface area contributed by atoms with Crippen molar-refractivity contribution < 1.29 is 4.74 Å². The maximum Gasteiger partial charge on any atom is 0.119 e. The highest BCUT2D eigenvalue weighted by Crippen LogP contribution is 2.32. The van der Waals surface area contributed by atoms with Crippen molar-refractivity contribution in [3.63, 3.8) is 0 Å². The zero-order chi connectivity index (χ0) is 17.9. The highest BCUT2D eigenvalue weighted by molar-refractivity contribution is 6.30. The van der Waals surface area contributed by atoms with Gasteiger partial charge in [-0.2, -0.15) is 0 Å². The Morgan fingerprint density at radius 2 is 1.73 bits per heavy atom. The molecular weight excluding hydrogens is 344 g/mol. The zero-order valence-corrected chi connectivity index (χ0v) is 15.0. The van der Waals surface area contributed by atoms with E-state index in [9.17, 15) is 0 Å². The van der Waals surface area contributed by atoms with Crippen molar-refractivity contribution in [3.8, 4) is 17.0 Å². The van der Waals surface area contributed by atoms with Crippen LogP contribution in [0.3, 0.4) is 0 Å². The number of aromatic nitrogens is 1. The number of halogens is 1. The topological polar surface area (TPSA) is 37.4 Å². The summed E-state index contributed by atoms with van der Waals surface area (Å²) in [5, 5.41) is 1.77. The molecule has 0 aliphatic carbocycles. The summed E-state index contributed by atoms with van der Waals surface area (Å²) in [5.74, 6) is 0.817. The number of fused-ring (bicyclic) bond motifs is 1. The Hall–Kier alpha value is -3.04. The summed E-state index contributed by atoms with van der Waals surface area (Å²) in [6.07, 6.45) is 1.89. The number of nitrogens with one attached hydrogen (secondary N) is 1. The number of aliphatic imine (C=N–C) groups is 1. The molecule has 1 aromatic heterocycles. The molecule has 0 radical (unpaired) electrons. The van der Waals surface area contributed by atoms with Crippen LogP contribution in [0.1, 0.15) is 5.56 Å². The summed E-state index contributed by atoms with van der Waals surface area (Å²) in [4.78, 5) is 8.15. The Kier molecular flexibility index (Phi) is 4.46. The molecule has 0 aliphatic heterocycles. The van der Waals surface area contributed by atoms with Crippen LogP contribution in [-0.4, -0.2) is 18.3 Å². The lowest BCUT2D eigenvalue weighted by molar-refractivity contribution is 0.415. The Morgan fingerprint density at radius 1 is 0.962 bits per heavy atom. The monoisotopic (exact) mass is 360 g/mol. The molecule has 128 valence electrons. The van der Waals surface area contributed by atoms with Crippen molar-refractivity contribution in [3.05, 3.63) is 83.4 Å². The number of hydrogen-bond acceptors (Lipinski definition) is 2.